The summed E-state index contributed by atoms with van der Waals surface area (Å²) < 4.78 is 11.5. The molecule has 0 fully saturated rings. The Balaban J connectivity index is 0.973. The standard InChI is InChI=1S/C61H34N4OS/c1-2-14-39-33-52-50(31-38(39)13-1)45-28-24-36-12-4-6-17-43(36)57(45)65(52)41-27-23-37-25-30-54-56(49(37)34-41)51-32-40(26-29-53(51)66-54)59-62-60(47-20-9-15-35-11-3-5-16-42(35)47)64-61(63-59)48-21-10-19-46-44-18-7-8-22-55(44)67-58(46)48/h1-34H. The number of nitrogens with zero attached hydrogens (tertiary/aromatic N) is 4. The fraction of sp³-hybridized carbons (Fsp3) is 0. The average molecular weight is 871 g/mol. The Labute approximate surface area is 386 Å². The summed E-state index contributed by atoms with van der Waals surface area (Å²) in [7, 11) is 0. The van der Waals surface area contributed by atoms with Gasteiger partial charge >= 0.3 is 0 Å². The Morgan fingerprint density at radius 1 is 0.373 bits per heavy atom. The van der Waals surface area contributed by atoms with Gasteiger partial charge < -0.3 is 8.98 Å². The first kappa shape index (κ1) is 36.6. The molecule has 15 rings (SSSR count). The third-order valence-corrected chi connectivity index (χ3v) is 15.0. The summed E-state index contributed by atoms with van der Waals surface area (Å²) >= 11 is 1.78. The zero-order chi connectivity index (χ0) is 43.7. The van der Waals surface area contributed by atoms with Crippen molar-refractivity contribution in [2.24, 2.45) is 0 Å². The van der Waals surface area contributed by atoms with Gasteiger partial charge in [-0.1, -0.05) is 146 Å². The Kier molecular flexibility index (Phi) is 7.59. The summed E-state index contributed by atoms with van der Waals surface area (Å²) in [6, 6.07) is 73.9. The molecule has 310 valence electrons. The Hall–Kier alpha value is -8.71. The molecule has 0 radical (unpaired) electrons. The molecule has 0 amide bonds. The van der Waals surface area contributed by atoms with Gasteiger partial charge in [0.25, 0.3) is 0 Å². The monoisotopic (exact) mass is 870 g/mol. The van der Waals surface area contributed by atoms with Crippen molar-refractivity contribution in [2.45, 2.75) is 0 Å². The number of aromatic nitrogens is 4. The first-order chi connectivity index (χ1) is 33.2. The third kappa shape index (κ3) is 5.45. The fourth-order valence-corrected chi connectivity index (χ4v) is 11.9. The molecule has 0 aliphatic rings. The molecule has 0 saturated carbocycles. The molecule has 67 heavy (non-hydrogen) atoms. The largest absolute Gasteiger partial charge is 0.456 e. The minimum atomic E-state index is 0.604. The normalized spacial score (nSPS) is 12.2. The van der Waals surface area contributed by atoms with Crippen molar-refractivity contribution in [1.29, 1.82) is 0 Å². The fourth-order valence-electron chi connectivity index (χ4n) is 10.7. The lowest BCUT2D eigenvalue weighted by Gasteiger charge is -2.12. The van der Waals surface area contributed by atoms with Gasteiger partial charge in [0, 0.05) is 69.5 Å². The van der Waals surface area contributed by atoms with Crippen molar-refractivity contribution in [3.05, 3.63) is 206 Å². The van der Waals surface area contributed by atoms with Crippen molar-refractivity contribution in [3.8, 4) is 39.9 Å². The Morgan fingerprint density at radius 2 is 1.00 bits per heavy atom. The van der Waals surface area contributed by atoms with Gasteiger partial charge in [0.2, 0.25) is 0 Å². The molecule has 0 unspecified atom stereocenters. The van der Waals surface area contributed by atoms with E-state index in [4.69, 9.17) is 19.4 Å². The molecular formula is C61H34N4OS. The van der Waals surface area contributed by atoms with Gasteiger partial charge in [0.1, 0.15) is 11.2 Å². The third-order valence-electron chi connectivity index (χ3n) is 13.8. The summed E-state index contributed by atoms with van der Waals surface area (Å²) in [5.41, 5.74) is 7.95. The molecule has 4 aromatic heterocycles. The summed E-state index contributed by atoms with van der Waals surface area (Å²) in [6.45, 7) is 0. The molecule has 0 spiro atoms. The van der Waals surface area contributed by atoms with Gasteiger partial charge in [-0.25, -0.2) is 15.0 Å². The second kappa shape index (κ2) is 13.9. The highest BCUT2D eigenvalue weighted by molar-refractivity contribution is 7.26. The van der Waals surface area contributed by atoms with E-state index in [1.54, 1.807) is 11.3 Å². The Morgan fingerprint density at radius 3 is 1.88 bits per heavy atom. The minimum absolute atomic E-state index is 0.604. The van der Waals surface area contributed by atoms with E-state index in [-0.39, 0.29) is 0 Å². The van der Waals surface area contributed by atoms with Gasteiger partial charge in [0.15, 0.2) is 17.5 Å². The first-order valence-corrected chi connectivity index (χ1v) is 23.4. The molecule has 0 atom stereocenters. The van der Waals surface area contributed by atoms with E-state index in [1.165, 1.54) is 58.8 Å². The molecule has 0 N–H and O–H groups in total. The SMILES string of the molecule is c1ccc2cc3c(cc2c1)c1ccc2ccccc2c1n3-c1ccc2ccc3oc4ccc(-c5nc(-c6cccc7ccccc67)nc(-c6cccc7c6sc6ccccc67)n5)cc4c3c2c1. The number of benzene rings is 11. The van der Waals surface area contributed by atoms with E-state index < -0.39 is 0 Å². The van der Waals surface area contributed by atoms with E-state index in [0.29, 0.717) is 17.5 Å². The summed E-state index contributed by atoms with van der Waals surface area (Å²) in [5, 5.41) is 16.3. The van der Waals surface area contributed by atoms with Crippen LogP contribution < -0.4 is 0 Å². The van der Waals surface area contributed by atoms with Gasteiger partial charge in [-0.3, -0.25) is 0 Å². The highest BCUT2D eigenvalue weighted by Crippen LogP contribution is 2.43. The average Bonchev–Trinajstić information content (AvgIpc) is 4.07. The topological polar surface area (TPSA) is 56.7 Å². The predicted molar refractivity (Wildman–Crippen MR) is 281 cm³/mol. The quantitative estimate of drug-likeness (QED) is 0.177. The molecule has 0 saturated heterocycles. The van der Waals surface area contributed by atoms with Crippen LogP contribution in [0.3, 0.4) is 0 Å². The van der Waals surface area contributed by atoms with E-state index in [0.717, 1.165) is 70.6 Å². The Bertz CT molecular complexity index is 4590. The van der Waals surface area contributed by atoms with Crippen LogP contribution in [0.2, 0.25) is 0 Å². The van der Waals surface area contributed by atoms with Crippen LogP contribution in [0.25, 0.3) is 147 Å². The van der Waals surface area contributed by atoms with E-state index in [1.807, 2.05) is 0 Å². The predicted octanol–water partition coefficient (Wildman–Crippen LogP) is 16.8. The van der Waals surface area contributed by atoms with E-state index >= 15 is 0 Å². The highest BCUT2D eigenvalue weighted by Gasteiger charge is 2.21. The molecule has 11 aromatic carbocycles. The van der Waals surface area contributed by atoms with Crippen LogP contribution in [-0.2, 0) is 0 Å². The molecule has 5 nitrogen and oxygen atoms in total. The van der Waals surface area contributed by atoms with Crippen LogP contribution in [-0.4, -0.2) is 19.5 Å². The molecule has 4 heterocycles. The second-order valence-electron chi connectivity index (χ2n) is 17.5. The van der Waals surface area contributed by atoms with Crippen molar-refractivity contribution in [3.63, 3.8) is 0 Å². The van der Waals surface area contributed by atoms with Crippen molar-refractivity contribution in [1.82, 2.24) is 19.5 Å². The van der Waals surface area contributed by atoms with Crippen LogP contribution in [0.1, 0.15) is 0 Å². The van der Waals surface area contributed by atoms with Gasteiger partial charge in [-0.15, -0.1) is 11.3 Å². The second-order valence-corrected chi connectivity index (χ2v) is 18.6. The first-order valence-electron chi connectivity index (χ1n) is 22.6. The summed E-state index contributed by atoms with van der Waals surface area (Å²) in [6.07, 6.45) is 0. The number of fused-ring (bicyclic) bond motifs is 15. The van der Waals surface area contributed by atoms with Crippen molar-refractivity contribution < 1.29 is 4.42 Å². The molecule has 0 aliphatic carbocycles. The molecule has 15 aromatic rings. The molecular weight excluding hydrogens is 837 g/mol. The lowest BCUT2D eigenvalue weighted by molar-refractivity contribution is 0.669. The highest BCUT2D eigenvalue weighted by atomic mass is 32.1. The van der Waals surface area contributed by atoms with Crippen molar-refractivity contribution in [2.75, 3.05) is 0 Å². The number of hydrogen-bond donors (Lipinski definition) is 0. The molecule has 6 heteroatoms. The smallest absolute Gasteiger partial charge is 0.165 e. The lowest BCUT2D eigenvalue weighted by Crippen LogP contribution is -2.00. The van der Waals surface area contributed by atoms with Gasteiger partial charge in [0.05, 0.1) is 11.0 Å². The molecule has 0 aliphatic heterocycles. The van der Waals surface area contributed by atoms with Crippen LogP contribution in [0.15, 0.2) is 211 Å². The zero-order valence-electron chi connectivity index (χ0n) is 35.7. The van der Waals surface area contributed by atoms with Crippen molar-refractivity contribution >= 4 is 118 Å². The number of hydrogen-bond acceptors (Lipinski definition) is 5. The maximum absolute atomic E-state index is 6.68. The number of thiophene rings is 1. The van der Waals surface area contributed by atoms with Gasteiger partial charge in [-0.2, -0.15) is 0 Å². The van der Waals surface area contributed by atoms with E-state index in [9.17, 15) is 0 Å². The van der Waals surface area contributed by atoms with Crippen LogP contribution in [0, 0.1) is 0 Å². The van der Waals surface area contributed by atoms with E-state index in [2.05, 4.69) is 211 Å². The van der Waals surface area contributed by atoms with Crippen LogP contribution in [0.5, 0.6) is 0 Å². The number of rotatable bonds is 4. The van der Waals surface area contributed by atoms with Crippen LogP contribution >= 0.6 is 11.3 Å². The van der Waals surface area contributed by atoms with Gasteiger partial charge in [-0.05, 0) is 98.4 Å². The summed E-state index contributed by atoms with van der Waals surface area (Å²) in [4.78, 5) is 15.9. The minimum Gasteiger partial charge on any atom is -0.456 e. The maximum Gasteiger partial charge on any atom is 0.165 e. The molecule has 0 bridgehead atoms. The number of furan rings is 1. The summed E-state index contributed by atoms with van der Waals surface area (Å²) in [5.74, 6) is 1.88. The lowest BCUT2D eigenvalue weighted by atomic mass is 10.0. The van der Waals surface area contributed by atoms with Crippen LogP contribution in [0.4, 0.5) is 0 Å². The zero-order valence-corrected chi connectivity index (χ0v) is 36.6. The maximum atomic E-state index is 6.68.